The number of ether oxygens (including phenoxy) is 1. The molecule has 0 bridgehead atoms. The maximum absolute atomic E-state index is 13.9. The number of methoxy groups -OCH3 is 1. The maximum Gasteiger partial charge on any atom is 0.149 e. The predicted octanol–water partition coefficient (Wildman–Crippen LogP) is 3.38. The highest BCUT2D eigenvalue weighted by molar-refractivity contribution is 5.97. The molecular formula is C14H17FN2O. The number of nitrogens with zero attached hydrogens (tertiary/aromatic N) is 1. The maximum atomic E-state index is 13.9. The van der Waals surface area contributed by atoms with E-state index in [4.69, 9.17) is 4.74 Å². The molecular weight excluding hydrogens is 231 g/mol. The molecule has 1 N–H and O–H groups in total. The van der Waals surface area contributed by atoms with Crippen molar-refractivity contribution in [3.63, 3.8) is 0 Å². The van der Waals surface area contributed by atoms with E-state index >= 15 is 0 Å². The van der Waals surface area contributed by atoms with Gasteiger partial charge in [-0.25, -0.2) is 9.37 Å². The van der Waals surface area contributed by atoms with Crippen LogP contribution in [0.25, 0.3) is 10.9 Å². The Kier molecular flexibility index (Phi) is 3.65. The van der Waals surface area contributed by atoms with E-state index in [0.29, 0.717) is 16.7 Å². The third-order valence-corrected chi connectivity index (χ3v) is 2.92. The van der Waals surface area contributed by atoms with E-state index in [1.807, 2.05) is 13.1 Å². The van der Waals surface area contributed by atoms with Crippen molar-refractivity contribution < 1.29 is 9.13 Å². The standard InChI is InChI=1S/C14H17FN2O/c1-4-5-9-8-11(16-2)13-12(18-3)7-6-10(15)14(13)17-9/h6-8H,4-5H2,1-3H3,(H,16,17). The van der Waals surface area contributed by atoms with E-state index in [2.05, 4.69) is 17.2 Å². The second kappa shape index (κ2) is 5.21. The van der Waals surface area contributed by atoms with Gasteiger partial charge >= 0.3 is 0 Å². The molecule has 4 heteroatoms. The van der Waals surface area contributed by atoms with E-state index < -0.39 is 0 Å². The molecule has 2 rings (SSSR count). The predicted molar refractivity (Wildman–Crippen MR) is 71.8 cm³/mol. The number of aryl methyl sites for hydroxylation is 1. The van der Waals surface area contributed by atoms with Gasteiger partial charge in [-0.1, -0.05) is 13.3 Å². The first-order valence-corrected chi connectivity index (χ1v) is 6.05. The molecule has 3 nitrogen and oxygen atoms in total. The Hall–Kier alpha value is -1.84. The molecule has 0 aliphatic carbocycles. The van der Waals surface area contributed by atoms with Gasteiger partial charge in [0.05, 0.1) is 12.5 Å². The summed E-state index contributed by atoms with van der Waals surface area (Å²) in [6.45, 7) is 2.08. The summed E-state index contributed by atoms with van der Waals surface area (Å²) >= 11 is 0. The summed E-state index contributed by atoms with van der Waals surface area (Å²) in [5, 5.41) is 3.78. The Morgan fingerprint density at radius 3 is 2.78 bits per heavy atom. The molecule has 1 aromatic carbocycles. The number of benzene rings is 1. The first-order chi connectivity index (χ1) is 8.71. The van der Waals surface area contributed by atoms with Crippen LogP contribution in [0.3, 0.4) is 0 Å². The Balaban J connectivity index is 2.77. The van der Waals surface area contributed by atoms with Crippen LogP contribution >= 0.6 is 0 Å². The number of hydrogen-bond acceptors (Lipinski definition) is 3. The quantitative estimate of drug-likeness (QED) is 0.900. The minimum atomic E-state index is -0.319. The molecule has 0 radical (unpaired) electrons. The Morgan fingerprint density at radius 2 is 2.17 bits per heavy atom. The number of hydrogen-bond donors (Lipinski definition) is 1. The summed E-state index contributed by atoms with van der Waals surface area (Å²) < 4.78 is 19.2. The number of aromatic nitrogens is 1. The first-order valence-electron chi connectivity index (χ1n) is 6.05. The molecule has 0 unspecified atom stereocenters. The first kappa shape index (κ1) is 12.6. The molecule has 0 saturated heterocycles. The molecule has 0 aliphatic heterocycles. The Labute approximate surface area is 106 Å². The third-order valence-electron chi connectivity index (χ3n) is 2.92. The van der Waals surface area contributed by atoms with Crippen LogP contribution < -0.4 is 10.1 Å². The fraction of sp³-hybridized carbons (Fsp3) is 0.357. The molecule has 18 heavy (non-hydrogen) atoms. The summed E-state index contributed by atoms with van der Waals surface area (Å²) in [7, 11) is 3.39. The molecule has 0 spiro atoms. The Morgan fingerprint density at radius 1 is 1.39 bits per heavy atom. The van der Waals surface area contributed by atoms with Crippen molar-refractivity contribution in [2.24, 2.45) is 0 Å². The summed E-state index contributed by atoms with van der Waals surface area (Å²) in [5.74, 6) is 0.312. The molecule has 96 valence electrons. The van der Waals surface area contributed by atoms with Crippen molar-refractivity contribution in [1.82, 2.24) is 4.98 Å². The third kappa shape index (κ3) is 2.10. The van der Waals surface area contributed by atoms with Crippen LogP contribution in [-0.4, -0.2) is 19.1 Å². The lowest BCUT2D eigenvalue weighted by Crippen LogP contribution is -2.00. The van der Waals surface area contributed by atoms with Gasteiger partial charge in [0, 0.05) is 18.4 Å². The fourth-order valence-corrected chi connectivity index (χ4v) is 2.08. The molecule has 0 amide bonds. The van der Waals surface area contributed by atoms with Gasteiger partial charge in [-0.3, -0.25) is 0 Å². The van der Waals surface area contributed by atoms with Gasteiger partial charge < -0.3 is 10.1 Å². The number of rotatable bonds is 4. The van der Waals surface area contributed by atoms with Gasteiger partial charge in [0.2, 0.25) is 0 Å². The van der Waals surface area contributed by atoms with Crippen LogP contribution in [0.1, 0.15) is 19.0 Å². The van der Waals surface area contributed by atoms with Crippen molar-refractivity contribution >= 4 is 16.6 Å². The summed E-state index contributed by atoms with van der Waals surface area (Å²) in [6, 6.07) is 4.97. The van der Waals surface area contributed by atoms with E-state index in [1.54, 1.807) is 13.2 Å². The van der Waals surface area contributed by atoms with Gasteiger partial charge in [-0.2, -0.15) is 0 Å². The van der Waals surface area contributed by atoms with Crippen LogP contribution in [-0.2, 0) is 6.42 Å². The normalized spacial score (nSPS) is 10.7. The zero-order chi connectivity index (χ0) is 13.1. The lowest BCUT2D eigenvalue weighted by Gasteiger charge is -2.12. The molecule has 1 heterocycles. The second-order valence-electron chi connectivity index (χ2n) is 4.13. The van der Waals surface area contributed by atoms with Crippen molar-refractivity contribution in [3.05, 3.63) is 29.7 Å². The van der Waals surface area contributed by atoms with Crippen LogP contribution in [0.4, 0.5) is 10.1 Å². The SMILES string of the molecule is CCCc1cc(NC)c2c(OC)ccc(F)c2n1. The average molecular weight is 248 g/mol. The highest BCUT2D eigenvalue weighted by Crippen LogP contribution is 2.33. The summed E-state index contributed by atoms with van der Waals surface area (Å²) in [4.78, 5) is 4.39. The lowest BCUT2D eigenvalue weighted by molar-refractivity contribution is 0.419. The van der Waals surface area contributed by atoms with Crippen molar-refractivity contribution in [2.45, 2.75) is 19.8 Å². The smallest absolute Gasteiger partial charge is 0.149 e. The van der Waals surface area contributed by atoms with Gasteiger partial charge in [-0.15, -0.1) is 0 Å². The number of fused-ring (bicyclic) bond motifs is 1. The van der Waals surface area contributed by atoms with E-state index in [-0.39, 0.29) is 5.82 Å². The Bertz CT molecular complexity index is 569. The van der Waals surface area contributed by atoms with E-state index in [1.165, 1.54) is 6.07 Å². The zero-order valence-electron chi connectivity index (χ0n) is 10.9. The minimum Gasteiger partial charge on any atom is -0.496 e. The van der Waals surface area contributed by atoms with Crippen LogP contribution in [0.2, 0.25) is 0 Å². The number of anilines is 1. The molecule has 1 aromatic heterocycles. The molecule has 2 aromatic rings. The fourth-order valence-electron chi connectivity index (χ4n) is 2.08. The van der Waals surface area contributed by atoms with Crippen molar-refractivity contribution in [2.75, 3.05) is 19.5 Å². The van der Waals surface area contributed by atoms with Crippen molar-refractivity contribution in [3.8, 4) is 5.75 Å². The summed E-state index contributed by atoms with van der Waals surface area (Å²) in [6.07, 6.45) is 1.81. The lowest BCUT2D eigenvalue weighted by atomic mass is 10.1. The number of pyridine rings is 1. The topological polar surface area (TPSA) is 34.1 Å². The molecule has 0 fully saturated rings. The van der Waals surface area contributed by atoms with Crippen LogP contribution in [0, 0.1) is 5.82 Å². The minimum absolute atomic E-state index is 0.319. The van der Waals surface area contributed by atoms with E-state index in [9.17, 15) is 4.39 Å². The molecule has 0 atom stereocenters. The highest BCUT2D eigenvalue weighted by Gasteiger charge is 2.13. The second-order valence-corrected chi connectivity index (χ2v) is 4.13. The van der Waals surface area contributed by atoms with Gasteiger partial charge in [0.1, 0.15) is 17.1 Å². The van der Waals surface area contributed by atoms with Crippen LogP contribution in [0.15, 0.2) is 18.2 Å². The van der Waals surface area contributed by atoms with Crippen LogP contribution in [0.5, 0.6) is 5.75 Å². The number of nitrogens with one attached hydrogen (secondary N) is 1. The zero-order valence-corrected chi connectivity index (χ0v) is 10.9. The number of halogens is 1. The monoisotopic (exact) mass is 248 g/mol. The molecule has 0 aliphatic rings. The van der Waals surface area contributed by atoms with E-state index in [0.717, 1.165) is 24.2 Å². The van der Waals surface area contributed by atoms with Gasteiger partial charge in [0.15, 0.2) is 0 Å². The summed E-state index contributed by atoms with van der Waals surface area (Å²) in [5.41, 5.74) is 2.10. The molecule has 0 saturated carbocycles. The highest BCUT2D eigenvalue weighted by atomic mass is 19.1. The van der Waals surface area contributed by atoms with Crippen molar-refractivity contribution in [1.29, 1.82) is 0 Å². The average Bonchev–Trinajstić information content (AvgIpc) is 2.39. The van der Waals surface area contributed by atoms with Gasteiger partial charge in [0.25, 0.3) is 0 Å². The largest absolute Gasteiger partial charge is 0.496 e. The van der Waals surface area contributed by atoms with Gasteiger partial charge in [-0.05, 0) is 24.6 Å².